The molecule has 1 N–H and O–H groups in total. The highest BCUT2D eigenvalue weighted by atomic mass is 32.2. The molecule has 1 aliphatic heterocycles. The van der Waals surface area contributed by atoms with E-state index in [-0.39, 0.29) is 54.3 Å². The van der Waals surface area contributed by atoms with Crippen molar-refractivity contribution in [2.75, 3.05) is 47.1 Å². The van der Waals surface area contributed by atoms with Gasteiger partial charge in [0.1, 0.15) is 5.56 Å². The van der Waals surface area contributed by atoms with Crippen molar-refractivity contribution in [2.24, 2.45) is 0 Å². The Balaban J connectivity index is 1.78. The summed E-state index contributed by atoms with van der Waals surface area (Å²) in [6.45, 7) is 0.520. The fraction of sp³-hybridized carbons (Fsp3) is 0.619. The molecule has 0 unspecified atom stereocenters. The molecule has 1 heterocycles. The van der Waals surface area contributed by atoms with Crippen LogP contribution in [0.1, 0.15) is 42.5 Å². The molecular formula is C21H30N2O8S. The molecule has 0 radical (unpaired) electrons. The van der Waals surface area contributed by atoms with Crippen LogP contribution >= 0.6 is 0 Å². The number of sulfonamides is 1. The number of hydrogen-bond donors (Lipinski definition) is 1. The number of carbonyl (C=O) groups is 2. The lowest BCUT2D eigenvalue weighted by molar-refractivity contribution is -0.125. The largest absolute Gasteiger partial charge is 0.493 e. The summed E-state index contributed by atoms with van der Waals surface area (Å²) in [5.74, 6) is -1.17. The van der Waals surface area contributed by atoms with E-state index in [1.165, 1.54) is 30.7 Å². The van der Waals surface area contributed by atoms with E-state index in [0.717, 1.165) is 32.1 Å². The highest BCUT2D eigenvalue weighted by Gasteiger charge is 2.30. The molecule has 2 fully saturated rings. The second-order valence-corrected chi connectivity index (χ2v) is 9.64. The Kier molecular flexibility index (Phi) is 8.32. The lowest BCUT2D eigenvalue weighted by atomic mass is 9.95. The van der Waals surface area contributed by atoms with Gasteiger partial charge < -0.3 is 24.3 Å². The van der Waals surface area contributed by atoms with E-state index in [1.807, 2.05) is 0 Å². The normalized spacial score (nSPS) is 18.1. The predicted molar refractivity (Wildman–Crippen MR) is 114 cm³/mol. The number of nitrogens with one attached hydrogen (secondary N) is 1. The number of morpholine rings is 1. The standard InChI is InChI=1S/C21H30N2O8S/c1-28-18-13-16(32(26,27)23-8-10-30-11-9-23)12-17(20(18)29-2)21(25)31-14-19(24)22-15-6-4-3-5-7-15/h12-13,15H,3-11,14H2,1-2H3,(H,22,24). The first kappa shape index (κ1) is 24.3. The van der Waals surface area contributed by atoms with Gasteiger partial charge in [-0.05, 0) is 18.9 Å². The number of nitrogens with zero attached hydrogens (tertiary/aromatic N) is 1. The summed E-state index contributed by atoms with van der Waals surface area (Å²) in [4.78, 5) is 24.8. The van der Waals surface area contributed by atoms with Crippen LogP contribution in [-0.2, 0) is 24.3 Å². The summed E-state index contributed by atoms with van der Waals surface area (Å²) < 4.78 is 48.4. The number of carbonyl (C=O) groups excluding carboxylic acids is 2. The van der Waals surface area contributed by atoms with Gasteiger partial charge in [0.05, 0.1) is 32.3 Å². The summed E-state index contributed by atoms with van der Waals surface area (Å²) >= 11 is 0. The number of rotatable bonds is 8. The fourth-order valence-electron chi connectivity index (χ4n) is 3.90. The van der Waals surface area contributed by atoms with Gasteiger partial charge in [-0.2, -0.15) is 4.31 Å². The minimum atomic E-state index is -3.90. The van der Waals surface area contributed by atoms with E-state index >= 15 is 0 Å². The first-order valence-electron chi connectivity index (χ1n) is 10.7. The topological polar surface area (TPSA) is 120 Å². The first-order valence-corrected chi connectivity index (χ1v) is 12.1. The van der Waals surface area contributed by atoms with Crippen LogP contribution in [0.15, 0.2) is 17.0 Å². The zero-order valence-electron chi connectivity index (χ0n) is 18.4. The average molecular weight is 471 g/mol. The van der Waals surface area contributed by atoms with Crippen molar-refractivity contribution >= 4 is 21.9 Å². The zero-order valence-corrected chi connectivity index (χ0v) is 19.2. The number of ether oxygens (including phenoxy) is 4. The minimum absolute atomic E-state index is 0.0334. The number of esters is 1. The van der Waals surface area contributed by atoms with E-state index in [9.17, 15) is 18.0 Å². The number of amides is 1. The lowest BCUT2D eigenvalue weighted by Gasteiger charge is -2.26. The molecule has 0 bridgehead atoms. The molecule has 1 aromatic carbocycles. The van der Waals surface area contributed by atoms with E-state index in [2.05, 4.69) is 5.32 Å². The van der Waals surface area contributed by atoms with Gasteiger partial charge in [0.2, 0.25) is 10.0 Å². The second-order valence-electron chi connectivity index (χ2n) is 7.70. The first-order chi connectivity index (χ1) is 15.4. The summed E-state index contributed by atoms with van der Waals surface area (Å²) in [5, 5.41) is 2.87. The van der Waals surface area contributed by atoms with Gasteiger partial charge >= 0.3 is 5.97 Å². The third-order valence-corrected chi connectivity index (χ3v) is 7.46. The molecule has 1 saturated carbocycles. The van der Waals surface area contributed by atoms with Gasteiger partial charge in [-0.1, -0.05) is 19.3 Å². The molecular weight excluding hydrogens is 440 g/mol. The molecule has 1 aliphatic carbocycles. The molecule has 0 aromatic heterocycles. The maximum absolute atomic E-state index is 13.1. The highest BCUT2D eigenvalue weighted by molar-refractivity contribution is 7.89. The zero-order chi connectivity index (χ0) is 23.1. The van der Waals surface area contributed by atoms with Crippen molar-refractivity contribution in [3.05, 3.63) is 17.7 Å². The van der Waals surface area contributed by atoms with E-state index in [4.69, 9.17) is 18.9 Å². The van der Waals surface area contributed by atoms with Crippen molar-refractivity contribution < 1.29 is 37.0 Å². The SMILES string of the molecule is COc1cc(S(=O)(=O)N2CCOCC2)cc(C(=O)OCC(=O)NC2CCCCC2)c1OC. The fourth-order valence-corrected chi connectivity index (χ4v) is 5.35. The molecule has 32 heavy (non-hydrogen) atoms. The quantitative estimate of drug-likeness (QED) is 0.565. The van der Waals surface area contributed by atoms with Gasteiger partial charge in [-0.3, -0.25) is 4.79 Å². The maximum Gasteiger partial charge on any atom is 0.342 e. The van der Waals surface area contributed by atoms with Gasteiger partial charge in [0, 0.05) is 25.2 Å². The van der Waals surface area contributed by atoms with Gasteiger partial charge in [0.15, 0.2) is 18.1 Å². The van der Waals surface area contributed by atoms with Crippen LogP contribution in [0.3, 0.4) is 0 Å². The summed E-state index contributed by atoms with van der Waals surface area (Å²) in [7, 11) is -1.22. The van der Waals surface area contributed by atoms with Crippen LogP contribution in [0, 0.1) is 0 Å². The van der Waals surface area contributed by atoms with E-state index in [0.29, 0.717) is 0 Å². The molecule has 1 saturated heterocycles. The molecule has 1 amide bonds. The Labute approximate surface area is 188 Å². The smallest absolute Gasteiger partial charge is 0.342 e. The average Bonchev–Trinajstić information content (AvgIpc) is 2.82. The molecule has 0 spiro atoms. The molecule has 178 valence electrons. The van der Waals surface area contributed by atoms with Crippen LogP contribution in [-0.4, -0.2) is 77.8 Å². The summed E-state index contributed by atoms with van der Waals surface area (Å²) in [6.07, 6.45) is 5.10. The third-order valence-electron chi connectivity index (χ3n) is 5.58. The third kappa shape index (κ3) is 5.70. The predicted octanol–water partition coefficient (Wildman–Crippen LogP) is 1.33. The van der Waals surface area contributed by atoms with Crippen molar-refractivity contribution in [1.82, 2.24) is 9.62 Å². The highest BCUT2D eigenvalue weighted by Crippen LogP contribution is 2.35. The Morgan fingerprint density at radius 1 is 1.09 bits per heavy atom. The van der Waals surface area contributed by atoms with Crippen molar-refractivity contribution in [2.45, 2.75) is 43.0 Å². The Morgan fingerprint density at radius 2 is 1.78 bits per heavy atom. The number of hydrogen-bond acceptors (Lipinski definition) is 8. The summed E-state index contributed by atoms with van der Waals surface area (Å²) in [5.41, 5.74) is -0.135. The molecule has 0 atom stereocenters. The van der Waals surface area contributed by atoms with Crippen LogP contribution in [0.2, 0.25) is 0 Å². The molecule has 3 rings (SSSR count). The molecule has 11 heteroatoms. The molecule has 2 aliphatic rings. The van der Waals surface area contributed by atoms with Gasteiger partial charge in [0.25, 0.3) is 5.91 Å². The van der Waals surface area contributed by atoms with Gasteiger partial charge in [-0.25, -0.2) is 13.2 Å². The van der Waals surface area contributed by atoms with Gasteiger partial charge in [-0.15, -0.1) is 0 Å². The van der Waals surface area contributed by atoms with E-state index in [1.54, 1.807) is 0 Å². The molecule has 10 nitrogen and oxygen atoms in total. The second kappa shape index (κ2) is 11.0. The van der Waals surface area contributed by atoms with Crippen molar-refractivity contribution in [1.29, 1.82) is 0 Å². The minimum Gasteiger partial charge on any atom is -0.493 e. The Hall–Kier alpha value is -2.37. The molecule has 1 aromatic rings. The van der Waals surface area contributed by atoms with Crippen LogP contribution < -0.4 is 14.8 Å². The van der Waals surface area contributed by atoms with Crippen molar-refractivity contribution in [3.63, 3.8) is 0 Å². The monoisotopic (exact) mass is 470 g/mol. The summed E-state index contributed by atoms with van der Waals surface area (Å²) in [6, 6.07) is 2.58. The Bertz CT molecular complexity index is 922. The van der Waals surface area contributed by atoms with Crippen molar-refractivity contribution in [3.8, 4) is 11.5 Å². The van der Waals surface area contributed by atoms with Crippen LogP contribution in [0.25, 0.3) is 0 Å². The Morgan fingerprint density at radius 3 is 2.41 bits per heavy atom. The number of benzene rings is 1. The van der Waals surface area contributed by atoms with Crippen LogP contribution in [0.4, 0.5) is 0 Å². The maximum atomic E-state index is 13.1. The lowest BCUT2D eigenvalue weighted by Crippen LogP contribution is -2.40. The number of methoxy groups -OCH3 is 2. The van der Waals surface area contributed by atoms with E-state index < -0.39 is 28.5 Å². The van der Waals surface area contributed by atoms with Crippen LogP contribution in [0.5, 0.6) is 11.5 Å².